The summed E-state index contributed by atoms with van der Waals surface area (Å²) in [6.07, 6.45) is 0.789. The topological polar surface area (TPSA) is 32.8 Å². The van der Waals surface area contributed by atoms with Gasteiger partial charge in [-0.25, -0.2) is 9.18 Å². The van der Waals surface area contributed by atoms with E-state index in [-0.39, 0.29) is 17.9 Å². The van der Waals surface area contributed by atoms with Crippen molar-refractivity contribution in [1.29, 1.82) is 0 Å². The molecule has 2 aromatic carbocycles. The highest BCUT2D eigenvalue weighted by molar-refractivity contribution is 5.76. The third kappa shape index (κ3) is 3.00. The van der Waals surface area contributed by atoms with Crippen LogP contribution in [0, 0.1) is 5.82 Å². The molecule has 2 heterocycles. The SMILES string of the molecule is O=C(N1CCOCC1)N1CCc2ccccc2C1c1ccccc1F. The molecule has 2 aliphatic rings. The summed E-state index contributed by atoms with van der Waals surface area (Å²) in [6.45, 7) is 2.87. The first-order chi connectivity index (χ1) is 12.3. The van der Waals surface area contributed by atoms with Crippen LogP contribution in [0.3, 0.4) is 0 Å². The molecule has 4 nitrogen and oxygen atoms in total. The smallest absolute Gasteiger partial charge is 0.320 e. The molecule has 1 fully saturated rings. The van der Waals surface area contributed by atoms with Crippen LogP contribution in [0.2, 0.25) is 0 Å². The van der Waals surface area contributed by atoms with Gasteiger partial charge in [-0.3, -0.25) is 0 Å². The van der Waals surface area contributed by atoms with E-state index in [0.717, 1.165) is 12.0 Å². The van der Waals surface area contributed by atoms with Crippen LogP contribution in [-0.2, 0) is 11.2 Å². The maximum absolute atomic E-state index is 14.6. The standard InChI is InChI=1S/C20H21FN2O2/c21-18-8-4-3-7-17(18)19-16-6-2-1-5-15(16)9-10-23(19)20(24)22-11-13-25-14-12-22/h1-8,19H,9-14H2. The number of benzene rings is 2. The zero-order valence-corrected chi connectivity index (χ0v) is 14.0. The number of rotatable bonds is 1. The molecular formula is C20H21FN2O2. The zero-order chi connectivity index (χ0) is 17.2. The predicted octanol–water partition coefficient (Wildman–Crippen LogP) is 3.23. The molecule has 0 saturated carbocycles. The highest BCUT2D eigenvalue weighted by Crippen LogP contribution is 2.36. The summed E-state index contributed by atoms with van der Waals surface area (Å²) >= 11 is 0. The third-order valence-electron chi connectivity index (χ3n) is 5.01. The number of carbonyl (C=O) groups is 1. The lowest BCUT2D eigenvalue weighted by Gasteiger charge is -2.41. The average molecular weight is 340 g/mol. The van der Waals surface area contributed by atoms with Crippen LogP contribution in [0.4, 0.5) is 9.18 Å². The second-order valence-electron chi connectivity index (χ2n) is 6.45. The summed E-state index contributed by atoms with van der Waals surface area (Å²) < 4.78 is 19.9. The summed E-state index contributed by atoms with van der Waals surface area (Å²) in [5.41, 5.74) is 2.75. The molecule has 25 heavy (non-hydrogen) atoms. The van der Waals surface area contributed by atoms with Crippen molar-refractivity contribution in [2.75, 3.05) is 32.8 Å². The molecule has 1 saturated heterocycles. The van der Waals surface area contributed by atoms with Gasteiger partial charge in [0.25, 0.3) is 0 Å². The molecule has 0 spiro atoms. The number of fused-ring (bicyclic) bond motifs is 1. The van der Waals surface area contributed by atoms with Gasteiger partial charge in [0.15, 0.2) is 0 Å². The Bertz CT molecular complexity index is 774. The lowest BCUT2D eigenvalue weighted by Crippen LogP contribution is -2.51. The van der Waals surface area contributed by atoms with Gasteiger partial charge in [-0.2, -0.15) is 0 Å². The van der Waals surface area contributed by atoms with E-state index in [1.165, 1.54) is 11.6 Å². The Labute approximate surface area is 146 Å². The van der Waals surface area contributed by atoms with Gasteiger partial charge < -0.3 is 14.5 Å². The molecule has 0 aromatic heterocycles. The van der Waals surface area contributed by atoms with Crippen molar-refractivity contribution in [2.45, 2.75) is 12.5 Å². The van der Waals surface area contributed by atoms with E-state index >= 15 is 0 Å². The number of urea groups is 1. The van der Waals surface area contributed by atoms with E-state index in [2.05, 4.69) is 6.07 Å². The Morgan fingerprint density at radius 2 is 1.64 bits per heavy atom. The molecule has 2 aliphatic heterocycles. The minimum atomic E-state index is -0.388. The normalized spacial score (nSPS) is 20.3. The highest BCUT2D eigenvalue weighted by atomic mass is 19.1. The molecule has 4 rings (SSSR count). The summed E-state index contributed by atoms with van der Waals surface area (Å²) in [6, 6.07) is 14.4. The maximum Gasteiger partial charge on any atom is 0.320 e. The van der Waals surface area contributed by atoms with Crippen LogP contribution < -0.4 is 0 Å². The first kappa shape index (κ1) is 16.1. The number of halogens is 1. The van der Waals surface area contributed by atoms with Crippen molar-refractivity contribution < 1.29 is 13.9 Å². The molecule has 2 amide bonds. The van der Waals surface area contributed by atoms with Crippen LogP contribution in [0.25, 0.3) is 0 Å². The van der Waals surface area contributed by atoms with Crippen molar-refractivity contribution >= 4 is 6.03 Å². The minimum absolute atomic E-state index is 0.0361. The Kier molecular flexibility index (Phi) is 4.40. The Morgan fingerprint density at radius 3 is 2.40 bits per heavy atom. The van der Waals surface area contributed by atoms with Gasteiger partial charge in [-0.05, 0) is 23.6 Å². The maximum atomic E-state index is 14.6. The molecule has 1 unspecified atom stereocenters. The summed E-state index contributed by atoms with van der Waals surface area (Å²) in [4.78, 5) is 16.8. The quantitative estimate of drug-likeness (QED) is 0.798. The molecule has 0 bridgehead atoms. The molecular weight excluding hydrogens is 319 g/mol. The van der Waals surface area contributed by atoms with Gasteiger partial charge in [0, 0.05) is 25.2 Å². The molecule has 0 N–H and O–H groups in total. The van der Waals surface area contributed by atoms with Gasteiger partial charge in [-0.1, -0.05) is 42.5 Å². The van der Waals surface area contributed by atoms with Crippen molar-refractivity contribution in [2.24, 2.45) is 0 Å². The van der Waals surface area contributed by atoms with Gasteiger partial charge in [0.1, 0.15) is 5.82 Å². The van der Waals surface area contributed by atoms with Crippen molar-refractivity contribution in [3.05, 3.63) is 71.0 Å². The summed E-state index contributed by atoms with van der Waals surface area (Å²) in [5.74, 6) is -0.274. The van der Waals surface area contributed by atoms with E-state index < -0.39 is 0 Å². The number of nitrogens with zero attached hydrogens (tertiary/aromatic N) is 2. The first-order valence-electron chi connectivity index (χ1n) is 8.71. The fourth-order valence-electron chi connectivity index (χ4n) is 3.74. The Hall–Kier alpha value is -2.40. The first-order valence-corrected chi connectivity index (χ1v) is 8.71. The Balaban J connectivity index is 1.75. The number of ether oxygens (including phenoxy) is 1. The van der Waals surface area contributed by atoms with E-state index in [9.17, 15) is 9.18 Å². The lowest BCUT2D eigenvalue weighted by molar-refractivity contribution is 0.0398. The van der Waals surface area contributed by atoms with E-state index in [1.54, 1.807) is 12.1 Å². The highest BCUT2D eigenvalue weighted by Gasteiger charge is 2.35. The average Bonchev–Trinajstić information content (AvgIpc) is 2.68. The Morgan fingerprint density at radius 1 is 0.960 bits per heavy atom. The third-order valence-corrected chi connectivity index (χ3v) is 5.01. The van der Waals surface area contributed by atoms with E-state index in [4.69, 9.17) is 4.74 Å². The van der Waals surface area contributed by atoms with Crippen LogP contribution in [0.5, 0.6) is 0 Å². The van der Waals surface area contributed by atoms with E-state index in [1.807, 2.05) is 34.1 Å². The minimum Gasteiger partial charge on any atom is -0.378 e. The molecule has 0 aliphatic carbocycles. The largest absolute Gasteiger partial charge is 0.378 e. The number of amides is 2. The fraction of sp³-hybridized carbons (Fsp3) is 0.350. The number of morpholine rings is 1. The molecule has 1 atom stereocenters. The monoisotopic (exact) mass is 340 g/mol. The second-order valence-corrected chi connectivity index (χ2v) is 6.45. The fourth-order valence-corrected chi connectivity index (χ4v) is 3.74. The van der Waals surface area contributed by atoms with Crippen LogP contribution in [0.15, 0.2) is 48.5 Å². The van der Waals surface area contributed by atoms with E-state index in [0.29, 0.717) is 38.4 Å². The van der Waals surface area contributed by atoms with Gasteiger partial charge in [-0.15, -0.1) is 0 Å². The van der Waals surface area contributed by atoms with Crippen LogP contribution >= 0.6 is 0 Å². The lowest BCUT2D eigenvalue weighted by atomic mass is 9.88. The van der Waals surface area contributed by atoms with Crippen LogP contribution in [0.1, 0.15) is 22.7 Å². The second kappa shape index (κ2) is 6.84. The van der Waals surface area contributed by atoms with Crippen molar-refractivity contribution in [3.63, 3.8) is 0 Å². The van der Waals surface area contributed by atoms with Crippen molar-refractivity contribution in [1.82, 2.24) is 9.80 Å². The van der Waals surface area contributed by atoms with Crippen LogP contribution in [-0.4, -0.2) is 48.7 Å². The number of hydrogen-bond acceptors (Lipinski definition) is 2. The summed E-state index contributed by atoms with van der Waals surface area (Å²) in [5, 5.41) is 0. The zero-order valence-electron chi connectivity index (χ0n) is 14.0. The van der Waals surface area contributed by atoms with Gasteiger partial charge in [0.05, 0.1) is 19.3 Å². The summed E-state index contributed by atoms with van der Waals surface area (Å²) in [7, 11) is 0. The number of hydrogen-bond donors (Lipinski definition) is 0. The van der Waals surface area contributed by atoms with Gasteiger partial charge in [0.2, 0.25) is 0 Å². The number of carbonyl (C=O) groups excluding carboxylic acids is 1. The molecule has 5 heteroatoms. The van der Waals surface area contributed by atoms with Gasteiger partial charge >= 0.3 is 6.03 Å². The molecule has 130 valence electrons. The van der Waals surface area contributed by atoms with Crippen molar-refractivity contribution in [3.8, 4) is 0 Å². The predicted molar refractivity (Wildman–Crippen MR) is 92.9 cm³/mol. The molecule has 2 aromatic rings. The molecule has 0 radical (unpaired) electrons.